The molecule has 2 N–H and O–H groups in total. The second kappa shape index (κ2) is 7.36. The van der Waals surface area contributed by atoms with Crippen LogP contribution in [0.1, 0.15) is 22.2 Å². The minimum Gasteiger partial charge on any atom is -0.481 e. The third kappa shape index (κ3) is 3.97. The molecule has 0 aliphatic carbocycles. The van der Waals surface area contributed by atoms with Gasteiger partial charge in [0.1, 0.15) is 5.75 Å². The van der Waals surface area contributed by atoms with Crippen molar-refractivity contribution in [3.63, 3.8) is 0 Å². The zero-order valence-electron chi connectivity index (χ0n) is 13.9. The molecule has 2 amide bonds. The number of carbonyl (C=O) groups is 2. The number of hydrogen-bond donors (Lipinski definition) is 2. The summed E-state index contributed by atoms with van der Waals surface area (Å²) >= 11 is 1.33. The number of benzene rings is 2. The van der Waals surface area contributed by atoms with Crippen molar-refractivity contribution in [3.8, 4) is 5.75 Å². The van der Waals surface area contributed by atoms with Crippen LogP contribution >= 0.6 is 11.3 Å². The van der Waals surface area contributed by atoms with Crippen molar-refractivity contribution < 1.29 is 14.3 Å². The van der Waals surface area contributed by atoms with Gasteiger partial charge in [0, 0.05) is 0 Å². The Bertz CT molecular complexity index is 920. The van der Waals surface area contributed by atoms with Crippen LogP contribution in [-0.2, 0) is 4.79 Å². The number of thiophene rings is 1. The summed E-state index contributed by atoms with van der Waals surface area (Å²) in [4.78, 5) is 24.7. The van der Waals surface area contributed by atoms with Gasteiger partial charge in [0.25, 0.3) is 11.8 Å². The van der Waals surface area contributed by atoms with E-state index < -0.39 is 12.0 Å². The molecule has 0 aliphatic rings. The Morgan fingerprint density at radius 1 is 1.04 bits per heavy atom. The molecular formula is C19H18N2O3S. The van der Waals surface area contributed by atoms with E-state index in [4.69, 9.17) is 4.74 Å². The van der Waals surface area contributed by atoms with Crippen LogP contribution in [0.3, 0.4) is 0 Å². The second-order valence-corrected chi connectivity index (χ2v) is 6.56. The van der Waals surface area contributed by atoms with Gasteiger partial charge in [-0.1, -0.05) is 30.3 Å². The zero-order chi connectivity index (χ0) is 17.8. The minimum absolute atomic E-state index is 0.334. The van der Waals surface area contributed by atoms with Crippen LogP contribution in [0, 0.1) is 6.92 Å². The molecule has 2 aromatic carbocycles. The lowest BCUT2D eigenvalue weighted by molar-refractivity contribution is -0.128. The number of hydrogen-bond acceptors (Lipinski definition) is 4. The Balaban J connectivity index is 1.58. The van der Waals surface area contributed by atoms with Crippen molar-refractivity contribution >= 4 is 33.9 Å². The Kier molecular flexibility index (Phi) is 5.00. The van der Waals surface area contributed by atoms with Crippen molar-refractivity contribution in [2.75, 3.05) is 0 Å². The number of aryl methyl sites for hydroxylation is 1. The fraction of sp³-hybridized carbons (Fsp3) is 0.158. The molecule has 3 aromatic rings. The monoisotopic (exact) mass is 354 g/mol. The summed E-state index contributed by atoms with van der Waals surface area (Å²) < 4.78 is 5.67. The Hall–Kier alpha value is -2.86. The molecule has 0 radical (unpaired) electrons. The van der Waals surface area contributed by atoms with E-state index in [-0.39, 0.29) is 5.91 Å². The van der Waals surface area contributed by atoms with E-state index in [0.717, 1.165) is 16.3 Å². The van der Waals surface area contributed by atoms with Crippen molar-refractivity contribution in [2.24, 2.45) is 0 Å². The first-order valence-corrected chi connectivity index (χ1v) is 8.72. The van der Waals surface area contributed by atoms with Gasteiger partial charge in [-0.3, -0.25) is 20.4 Å². The molecule has 5 nitrogen and oxygen atoms in total. The molecule has 0 bridgehead atoms. The van der Waals surface area contributed by atoms with Crippen molar-refractivity contribution in [1.29, 1.82) is 0 Å². The largest absolute Gasteiger partial charge is 0.481 e. The Labute approximate surface area is 149 Å². The summed E-state index contributed by atoms with van der Waals surface area (Å²) in [5.74, 6) is -0.156. The summed E-state index contributed by atoms with van der Waals surface area (Å²) in [5.41, 5.74) is 5.68. The SMILES string of the molecule is Cc1ccsc1C(=O)NNC(=O)C(C)Oc1ccc2ccccc2c1. The molecule has 1 aromatic heterocycles. The molecule has 0 aliphatic heterocycles. The molecule has 0 fully saturated rings. The number of ether oxygens (including phenoxy) is 1. The average molecular weight is 354 g/mol. The molecule has 1 atom stereocenters. The molecule has 6 heteroatoms. The fourth-order valence-electron chi connectivity index (χ4n) is 2.38. The summed E-state index contributed by atoms with van der Waals surface area (Å²) in [6, 6.07) is 15.4. The number of amides is 2. The van der Waals surface area contributed by atoms with Gasteiger partial charge in [0.15, 0.2) is 6.10 Å². The van der Waals surface area contributed by atoms with Crippen LogP contribution < -0.4 is 15.6 Å². The summed E-state index contributed by atoms with van der Waals surface area (Å²) in [7, 11) is 0. The summed E-state index contributed by atoms with van der Waals surface area (Å²) in [6.45, 7) is 3.48. The lowest BCUT2D eigenvalue weighted by atomic mass is 10.1. The maximum atomic E-state index is 12.1. The van der Waals surface area contributed by atoms with Crippen LogP contribution in [0.25, 0.3) is 10.8 Å². The highest BCUT2D eigenvalue weighted by atomic mass is 32.1. The smallest absolute Gasteiger partial charge is 0.280 e. The molecule has 128 valence electrons. The predicted octanol–water partition coefficient (Wildman–Crippen LogP) is 3.44. The third-order valence-electron chi connectivity index (χ3n) is 3.77. The van der Waals surface area contributed by atoms with Gasteiger partial charge in [0.2, 0.25) is 0 Å². The standard InChI is InChI=1S/C19H18N2O3S/c1-12-9-10-25-17(12)19(23)21-20-18(22)13(2)24-16-8-7-14-5-3-4-6-15(14)11-16/h3-11,13H,1-2H3,(H,20,22)(H,21,23). The highest BCUT2D eigenvalue weighted by Crippen LogP contribution is 2.21. The van der Waals surface area contributed by atoms with E-state index in [9.17, 15) is 9.59 Å². The maximum absolute atomic E-state index is 12.1. The number of nitrogens with one attached hydrogen (secondary N) is 2. The predicted molar refractivity (Wildman–Crippen MR) is 98.7 cm³/mol. The topological polar surface area (TPSA) is 67.4 Å². The van der Waals surface area contributed by atoms with Gasteiger partial charge in [-0.05, 0) is 53.8 Å². The number of rotatable bonds is 4. The first kappa shape index (κ1) is 17.0. The van der Waals surface area contributed by atoms with Crippen molar-refractivity contribution in [3.05, 3.63) is 64.4 Å². The van der Waals surface area contributed by atoms with Gasteiger partial charge in [-0.15, -0.1) is 11.3 Å². The summed E-state index contributed by atoms with van der Waals surface area (Å²) in [6.07, 6.45) is -0.745. The van der Waals surface area contributed by atoms with Gasteiger partial charge >= 0.3 is 0 Å². The molecule has 0 saturated heterocycles. The average Bonchev–Trinajstić information content (AvgIpc) is 3.05. The van der Waals surface area contributed by atoms with Crippen molar-refractivity contribution in [2.45, 2.75) is 20.0 Å². The third-order valence-corrected chi connectivity index (χ3v) is 4.79. The first-order valence-electron chi connectivity index (χ1n) is 7.84. The van der Waals surface area contributed by atoms with Gasteiger partial charge in [-0.2, -0.15) is 0 Å². The van der Waals surface area contributed by atoms with Gasteiger partial charge in [0.05, 0.1) is 4.88 Å². The van der Waals surface area contributed by atoms with Crippen molar-refractivity contribution in [1.82, 2.24) is 10.9 Å². The Morgan fingerprint density at radius 2 is 1.80 bits per heavy atom. The van der Waals surface area contributed by atoms with Gasteiger partial charge in [-0.25, -0.2) is 0 Å². The summed E-state index contributed by atoms with van der Waals surface area (Å²) in [5, 5.41) is 3.97. The van der Waals surface area contributed by atoms with Crippen LogP contribution in [0.5, 0.6) is 5.75 Å². The van der Waals surface area contributed by atoms with Crippen LogP contribution in [0.4, 0.5) is 0 Å². The molecule has 3 rings (SSSR count). The Morgan fingerprint density at radius 3 is 2.52 bits per heavy atom. The number of hydrazine groups is 1. The van der Waals surface area contributed by atoms with E-state index in [1.807, 2.05) is 60.8 Å². The van der Waals surface area contributed by atoms with E-state index in [1.165, 1.54) is 11.3 Å². The number of fused-ring (bicyclic) bond motifs is 1. The van der Waals surface area contributed by atoms with E-state index in [2.05, 4.69) is 10.9 Å². The molecular weight excluding hydrogens is 336 g/mol. The highest BCUT2D eigenvalue weighted by Gasteiger charge is 2.17. The number of carbonyl (C=O) groups excluding carboxylic acids is 2. The molecule has 0 saturated carbocycles. The molecule has 1 heterocycles. The fourth-order valence-corrected chi connectivity index (χ4v) is 3.20. The normalized spacial score (nSPS) is 11.8. The van der Waals surface area contributed by atoms with Crippen LogP contribution in [-0.4, -0.2) is 17.9 Å². The molecule has 25 heavy (non-hydrogen) atoms. The lowest BCUT2D eigenvalue weighted by Gasteiger charge is -2.15. The quantitative estimate of drug-likeness (QED) is 0.705. The van der Waals surface area contributed by atoms with Gasteiger partial charge < -0.3 is 4.74 Å². The zero-order valence-corrected chi connectivity index (χ0v) is 14.7. The van der Waals surface area contributed by atoms with E-state index in [0.29, 0.717) is 10.6 Å². The van der Waals surface area contributed by atoms with Crippen LogP contribution in [0.15, 0.2) is 53.9 Å². The van der Waals surface area contributed by atoms with Crippen LogP contribution in [0.2, 0.25) is 0 Å². The van der Waals surface area contributed by atoms with E-state index in [1.54, 1.807) is 6.92 Å². The van der Waals surface area contributed by atoms with E-state index >= 15 is 0 Å². The molecule has 0 spiro atoms. The first-order chi connectivity index (χ1) is 12.0. The lowest BCUT2D eigenvalue weighted by Crippen LogP contribution is -2.47. The maximum Gasteiger partial charge on any atom is 0.280 e. The highest BCUT2D eigenvalue weighted by molar-refractivity contribution is 7.12. The second-order valence-electron chi connectivity index (χ2n) is 5.65. The minimum atomic E-state index is -0.745. The molecule has 1 unspecified atom stereocenters.